The Morgan fingerprint density at radius 2 is 1.38 bits per heavy atom. The molecular weight excluding hydrogens is 658 g/mol. The molecule has 7 rings (SSSR count). The van der Waals surface area contributed by atoms with Crippen molar-refractivity contribution in [2.75, 3.05) is 46.8 Å². The van der Waals surface area contributed by atoms with Crippen molar-refractivity contribution in [1.82, 2.24) is 30.1 Å². The second-order valence-corrected chi connectivity index (χ2v) is 12.3. The lowest BCUT2D eigenvalue weighted by atomic mass is 9.98. The number of nitrogens with one attached hydrogen (secondary N) is 1. The Morgan fingerprint density at radius 1 is 0.750 bits per heavy atom. The van der Waals surface area contributed by atoms with Gasteiger partial charge in [-0.15, -0.1) is 15.0 Å². The third-order valence-corrected chi connectivity index (χ3v) is 9.27. The standard InChI is InChI=1S/C40H39N7O5/c1-49-35-21-30-16-20-46(25-31(30)22-36(35)50-2)19-15-26-5-11-32(12-6-26)47-44-39(43-45-47)33-23-37(51-3)38(52-4)24-34(33)42-40(48)29-9-7-27(8-10-29)28-13-17-41-18-14-28/h5-14,17-18,21-24H,15-16,19-20,25H2,1-4H3,(H,42,48). The maximum absolute atomic E-state index is 13.4. The van der Waals surface area contributed by atoms with E-state index in [1.807, 2.05) is 36.4 Å². The van der Waals surface area contributed by atoms with E-state index in [4.69, 9.17) is 18.9 Å². The quantitative estimate of drug-likeness (QED) is 0.156. The van der Waals surface area contributed by atoms with Gasteiger partial charge in [0.1, 0.15) is 0 Å². The van der Waals surface area contributed by atoms with E-state index < -0.39 is 0 Å². The van der Waals surface area contributed by atoms with E-state index in [0.29, 0.717) is 34.1 Å². The van der Waals surface area contributed by atoms with Crippen molar-refractivity contribution < 1.29 is 23.7 Å². The summed E-state index contributed by atoms with van der Waals surface area (Å²) in [5.41, 5.74) is 8.03. The van der Waals surface area contributed by atoms with E-state index in [1.54, 1.807) is 65.1 Å². The van der Waals surface area contributed by atoms with Gasteiger partial charge < -0.3 is 24.3 Å². The number of hydrogen-bond donors (Lipinski definition) is 1. The van der Waals surface area contributed by atoms with Crippen LogP contribution in [0.1, 0.15) is 27.0 Å². The number of pyridine rings is 1. The highest BCUT2D eigenvalue weighted by atomic mass is 16.5. The van der Waals surface area contributed by atoms with E-state index in [0.717, 1.165) is 60.8 Å². The van der Waals surface area contributed by atoms with E-state index in [-0.39, 0.29) is 5.91 Å². The smallest absolute Gasteiger partial charge is 0.255 e. The molecule has 0 spiro atoms. The zero-order chi connectivity index (χ0) is 36.0. The summed E-state index contributed by atoms with van der Waals surface area (Å²) in [6.45, 7) is 2.79. The molecule has 0 saturated carbocycles. The first kappa shape index (κ1) is 34.2. The first-order valence-electron chi connectivity index (χ1n) is 16.9. The molecule has 3 heterocycles. The highest BCUT2D eigenvalue weighted by Crippen LogP contribution is 2.38. The van der Waals surface area contributed by atoms with Crippen LogP contribution in [-0.4, -0.2) is 77.5 Å². The molecule has 0 atom stereocenters. The minimum absolute atomic E-state index is 0.300. The molecule has 1 aliphatic heterocycles. The number of nitrogens with zero attached hydrogens (tertiary/aromatic N) is 6. The van der Waals surface area contributed by atoms with Gasteiger partial charge in [0.25, 0.3) is 5.91 Å². The second-order valence-electron chi connectivity index (χ2n) is 12.3. The van der Waals surface area contributed by atoms with Gasteiger partial charge in [0.15, 0.2) is 23.0 Å². The molecule has 4 aromatic carbocycles. The maximum Gasteiger partial charge on any atom is 0.255 e. The Morgan fingerprint density at radius 3 is 2.08 bits per heavy atom. The largest absolute Gasteiger partial charge is 0.493 e. The number of benzene rings is 4. The lowest BCUT2D eigenvalue weighted by Crippen LogP contribution is -2.32. The Labute approximate surface area is 301 Å². The number of carbonyl (C=O) groups excluding carboxylic acids is 1. The zero-order valence-electron chi connectivity index (χ0n) is 29.5. The molecule has 6 aromatic rings. The number of methoxy groups -OCH3 is 4. The van der Waals surface area contributed by atoms with Crippen molar-refractivity contribution >= 4 is 11.6 Å². The van der Waals surface area contributed by atoms with Gasteiger partial charge in [-0.3, -0.25) is 14.7 Å². The van der Waals surface area contributed by atoms with E-state index >= 15 is 0 Å². The van der Waals surface area contributed by atoms with Crippen LogP contribution in [0.2, 0.25) is 0 Å². The molecule has 0 saturated heterocycles. The van der Waals surface area contributed by atoms with E-state index in [2.05, 4.69) is 54.9 Å². The molecule has 12 heteroatoms. The average molecular weight is 698 g/mol. The van der Waals surface area contributed by atoms with Crippen LogP contribution in [0.25, 0.3) is 28.2 Å². The molecule has 1 amide bonds. The van der Waals surface area contributed by atoms with Crippen molar-refractivity contribution in [3.05, 3.63) is 120 Å². The van der Waals surface area contributed by atoms with Gasteiger partial charge >= 0.3 is 0 Å². The number of fused-ring (bicyclic) bond motifs is 1. The Balaban J connectivity index is 1.05. The van der Waals surface area contributed by atoms with Crippen LogP contribution in [0.3, 0.4) is 0 Å². The maximum atomic E-state index is 13.4. The normalized spacial score (nSPS) is 12.5. The van der Waals surface area contributed by atoms with Crippen LogP contribution in [-0.2, 0) is 19.4 Å². The zero-order valence-corrected chi connectivity index (χ0v) is 29.5. The van der Waals surface area contributed by atoms with Crippen molar-refractivity contribution in [2.45, 2.75) is 19.4 Å². The van der Waals surface area contributed by atoms with Crippen molar-refractivity contribution in [2.24, 2.45) is 0 Å². The Bertz CT molecular complexity index is 2170. The summed E-state index contributed by atoms with van der Waals surface area (Å²) in [4.78, 5) is 21.5. The molecule has 264 valence electrons. The summed E-state index contributed by atoms with van der Waals surface area (Å²) in [5, 5.41) is 16.4. The summed E-state index contributed by atoms with van der Waals surface area (Å²) in [6.07, 6.45) is 5.35. The molecule has 0 unspecified atom stereocenters. The minimum atomic E-state index is -0.300. The van der Waals surface area contributed by atoms with E-state index in [1.165, 1.54) is 21.5 Å². The molecule has 12 nitrogen and oxygen atoms in total. The predicted molar refractivity (Wildman–Crippen MR) is 198 cm³/mol. The molecule has 0 fully saturated rings. The van der Waals surface area contributed by atoms with Crippen molar-refractivity contribution in [3.63, 3.8) is 0 Å². The number of ether oxygens (including phenoxy) is 4. The Kier molecular flexibility index (Phi) is 10.1. The van der Waals surface area contributed by atoms with Gasteiger partial charge in [-0.25, -0.2) is 0 Å². The highest BCUT2D eigenvalue weighted by Gasteiger charge is 2.21. The van der Waals surface area contributed by atoms with Crippen LogP contribution in [0.4, 0.5) is 5.69 Å². The average Bonchev–Trinajstić information content (AvgIpc) is 3.70. The molecule has 0 bridgehead atoms. The fourth-order valence-corrected chi connectivity index (χ4v) is 6.37. The lowest BCUT2D eigenvalue weighted by Gasteiger charge is -2.29. The number of aromatic nitrogens is 5. The highest BCUT2D eigenvalue weighted by molar-refractivity contribution is 6.06. The van der Waals surface area contributed by atoms with Gasteiger partial charge in [0, 0.05) is 43.7 Å². The summed E-state index contributed by atoms with van der Waals surface area (Å²) in [6, 6.07) is 27.0. The SMILES string of the molecule is COc1cc2c(cc1OC)CN(CCc1ccc(-n3nnc(-c4cc(OC)c(OC)cc4NC(=O)c4ccc(-c5ccncc5)cc4)n3)cc1)CC2. The molecule has 0 aliphatic carbocycles. The minimum Gasteiger partial charge on any atom is -0.493 e. The molecule has 2 aromatic heterocycles. The van der Waals surface area contributed by atoms with Gasteiger partial charge in [-0.05, 0) is 100 Å². The van der Waals surface area contributed by atoms with Crippen LogP contribution in [0, 0.1) is 0 Å². The Hall–Kier alpha value is -6.27. The van der Waals surface area contributed by atoms with Gasteiger partial charge in [0.2, 0.25) is 5.82 Å². The number of amides is 1. The third-order valence-electron chi connectivity index (χ3n) is 9.27. The fourth-order valence-electron chi connectivity index (χ4n) is 6.37. The van der Waals surface area contributed by atoms with Crippen LogP contribution in [0.15, 0.2) is 97.3 Å². The van der Waals surface area contributed by atoms with E-state index in [9.17, 15) is 4.79 Å². The molecule has 1 aliphatic rings. The van der Waals surface area contributed by atoms with Gasteiger partial charge in [-0.1, -0.05) is 24.3 Å². The number of anilines is 1. The summed E-state index contributed by atoms with van der Waals surface area (Å²) >= 11 is 0. The summed E-state index contributed by atoms with van der Waals surface area (Å²) in [5.74, 6) is 2.47. The summed E-state index contributed by atoms with van der Waals surface area (Å²) < 4.78 is 22.1. The van der Waals surface area contributed by atoms with Crippen molar-refractivity contribution in [3.8, 4) is 51.2 Å². The van der Waals surface area contributed by atoms with Gasteiger partial charge in [0.05, 0.1) is 45.4 Å². The fraction of sp³-hybridized carbons (Fsp3) is 0.225. The number of hydrogen-bond acceptors (Lipinski definition) is 10. The first-order chi connectivity index (χ1) is 25.5. The molecule has 1 N–H and O–H groups in total. The summed E-state index contributed by atoms with van der Waals surface area (Å²) in [7, 11) is 6.43. The monoisotopic (exact) mass is 697 g/mol. The number of rotatable bonds is 12. The van der Waals surface area contributed by atoms with Gasteiger partial charge in [-0.2, -0.15) is 0 Å². The second kappa shape index (κ2) is 15.3. The molecular formula is C40H39N7O5. The van der Waals surface area contributed by atoms with Crippen LogP contribution in [0.5, 0.6) is 23.0 Å². The topological polar surface area (TPSA) is 126 Å². The van der Waals surface area contributed by atoms with Crippen LogP contribution < -0.4 is 24.3 Å². The first-order valence-corrected chi connectivity index (χ1v) is 16.9. The predicted octanol–water partition coefficient (Wildman–Crippen LogP) is 6.28. The third kappa shape index (κ3) is 7.28. The number of carbonyl (C=O) groups is 1. The molecule has 0 radical (unpaired) electrons. The molecule has 52 heavy (non-hydrogen) atoms. The number of tetrazole rings is 1. The lowest BCUT2D eigenvalue weighted by molar-refractivity contribution is 0.102. The van der Waals surface area contributed by atoms with Crippen molar-refractivity contribution in [1.29, 1.82) is 0 Å². The van der Waals surface area contributed by atoms with Crippen LogP contribution >= 0.6 is 0 Å².